The third-order valence-corrected chi connectivity index (χ3v) is 3.90. The third-order valence-electron chi connectivity index (χ3n) is 3.90. The minimum Gasteiger partial charge on any atom is -0.297 e. The van der Waals surface area contributed by atoms with Gasteiger partial charge in [0.2, 0.25) is 0 Å². The Kier molecular flexibility index (Phi) is 4.40. The molecule has 0 spiro atoms. The third kappa shape index (κ3) is 3.11. The molecule has 6 nitrogen and oxygen atoms in total. The number of nitrogens with one attached hydrogen (secondary N) is 1. The average Bonchev–Trinajstić information content (AvgIpc) is 3.18. The first-order valence-corrected chi connectivity index (χ1v) is 7.60. The number of nitrogens with zero attached hydrogens (tertiary/aromatic N) is 3. The Balaban J connectivity index is 1.72. The molecule has 1 saturated heterocycles. The normalized spacial score (nSPS) is 19.3. The van der Waals surface area contributed by atoms with Gasteiger partial charge in [-0.3, -0.25) is 14.9 Å². The quantitative estimate of drug-likeness (QED) is 0.914. The number of halogens is 1. The van der Waals surface area contributed by atoms with Crippen LogP contribution in [0, 0.1) is 5.82 Å². The van der Waals surface area contributed by atoms with Gasteiger partial charge in [-0.25, -0.2) is 14.1 Å². The van der Waals surface area contributed by atoms with Crippen molar-refractivity contribution in [1.82, 2.24) is 20.2 Å². The lowest BCUT2D eigenvalue weighted by atomic mass is 10.1. The lowest BCUT2D eigenvalue weighted by molar-refractivity contribution is -0.160. The van der Waals surface area contributed by atoms with Crippen LogP contribution in [0.2, 0.25) is 0 Å². The molecule has 1 amide bonds. The average molecular weight is 318 g/mol. The lowest BCUT2D eigenvalue weighted by Gasteiger charge is -2.18. The minimum absolute atomic E-state index is 0.0898. The molecule has 2 aromatic rings. The minimum atomic E-state index is -0.404. The number of hydrogen-bond acceptors (Lipinski definition) is 4. The van der Waals surface area contributed by atoms with Crippen molar-refractivity contribution in [2.75, 3.05) is 13.2 Å². The molecule has 1 fully saturated rings. The molecule has 3 rings (SSSR count). The number of aromatic nitrogens is 2. The highest BCUT2D eigenvalue weighted by Gasteiger charge is 2.33. The molecule has 0 aliphatic carbocycles. The number of hydrogen-bond donors (Lipinski definition) is 1. The van der Waals surface area contributed by atoms with Gasteiger partial charge in [-0.15, -0.1) is 0 Å². The molecule has 1 N–H and O–H groups in total. The van der Waals surface area contributed by atoms with E-state index in [2.05, 4.69) is 10.4 Å². The second-order valence-electron chi connectivity index (χ2n) is 5.43. The molecule has 0 radical (unpaired) electrons. The standard InChI is InChI=1S/C16H19FN4O2/c1-3-21-16(22)14(10-23-21)19-11(2)12-5-6-15(13(17)9-12)20-8-4-7-18-20/h4-9,11,14,19H,3,10H2,1-2H3/t11-,14?/m0/s1. The molecule has 7 heteroatoms. The molecule has 122 valence electrons. The first kappa shape index (κ1) is 15.6. The summed E-state index contributed by atoms with van der Waals surface area (Å²) >= 11 is 0. The van der Waals surface area contributed by atoms with Gasteiger partial charge in [0.25, 0.3) is 5.91 Å². The Bertz CT molecular complexity index is 689. The molecule has 0 saturated carbocycles. The number of likely N-dealkylation sites (N-methyl/N-ethyl adjacent to an activating group) is 1. The fourth-order valence-electron chi connectivity index (χ4n) is 2.63. The second kappa shape index (κ2) is 6.47. The summed E-state index contributed by atoms with van der Waals surface area (Å²) in [5.74, 6) is -0.447. The van der Waals surface area contributed by atoms with Crippen LogP contribution < -0.4 is 5.32 Å². The highest BCUT2D eigenvalue weighted by atomic mass is 19.1. The van der Waals surface area contributed by atoms with Gasteiger partial charge in [-0.2, -0.15) is 5.10 Å². The second-order valence-corrected chi connectivity index (χ2v) is 5.43. The fourth-order valence-corrected chi connectivity index (χ4v) is 2.63. The van der Waals surface area contributed by atoms with Gasteiger partial charge in [-0.05, 0) is 37.6 Å². The van der Waals surface area contributed by atoms with E-state index in [9.17, 15) is 9.18 Å². The zero-order chi connectivity index (χ0) is 16.4. The van der Waals surface area contributed by atoms with Crippen molar-refractivity contribution in [2.24, 2.45) is 0 Å². The largest absolute Gasteiger partial charge is 0.297 e. The fraction of sp³-hybridized carbons (Fsp3) is 0.375. The van der Waals surface area contributed by atoms with Crippen molar-refractivity contribution in [1.29, 1.82) is 0 Å². The number of carbonyl (C=O) groups excluding carboxylic acids is 1. The summed E-state index contributed by atoms with van der Waals surface area (Å²) < 4.78 is 15.8. The van der Waals surface area contributed by atoms with Crippen molar-refractivity contribution in [3.63, 3.8) is 0 Å². The van der Waals surface area contributed by atoms with Crippen LogP contribution in [0.15, 0.2) is 36.7 Å². The highest BCUT2D eigenvalue weighted by Crippen LogP contribution is 2.20. The van der Waals surface area contributed by atoms with E-state index in [0.717, 1.165) is 5.56 Å². The number of hydroxylamine groups is 2. The van der Waals surface area contributed by atoms with Gasteiger partial charge in [0.05, 0.1) is 6.61 Å². The predicted octanol–water partition coefficient (Wildman–Crippen LogP) is 1.82. The molecule has 23 heavy (non-hydrogen) atoms. The van der Waals surface area contributed by atoms with E-state index >= 15 is 0 Å². The Hall–Kier alpha value is -2.25. The zero-order valence-corrected chi connectivity index (χ0v) is 13.1. The maximum absolute atomic E-state index is 14.3. The van der Waals surface area contributed by atoms with E-state index < -0.39 is 6.04 Å². The van der Waals surface area contributed by atoms with Crippen LogP contribution in [-0.2, 0) is 9.63 Å². The van der Waals surface area contributed by atoms with Gasteiger partial charge in [0.15, 0.2) is 0 Å². The van der Waals surface area contributed by atoms with Crippen LogP contribution in [0.3, 0.4) is 0 Å². The van der Waals surface area contributed by atoms with Crippen LogP contribution in [0.1, 0.15) is 25.5 Å². The Morgan fingerprint density at radius 2 is 2.35 bits per heavy atom. The molecular formula is C16H19FN4O2. The summed E-state index contributed by atoms with van der Waals surface area (Å²) in [6, 6.07) is 6.14. The zero-order valence-electron chi connectivity index (χ0n) is 13.1. The van der Waals surface area contributed by atoms with Crippen LogP contribution in [0.25, 0.3) is 5.69 Å². The number of amides is 1. The summed E-state index contributed by atoms with van der Waals surface area (Å²) in [7, 11) is 0. The first-order valence-electron chi connectivity index (χ1n) is 7.60. The van der Waals surface area contributed by atoms with Crippen molar-refractivity contribution in [3.05, 3.63) is 48.0 Å². The van der Waals surface area contributed by atoms with E-state index in [4.69, 9.17) is 4.84 Å². The molecule has 1 aliphatic rings. The maximum atomic E-state index is 14.3. The van der Waals surface area contributed by atoms with Crippen LogP contribution >= 0.6 is 0 Å². The van der Waals surface area contributed by atoms with Gasteiger partial charge in [0, 0.05) is 25.0 Å². The number of carbonyl (C=O) groups is 1. The molecule has 1 aliphatic heterocycles. The smallest absolute Gasteiger partial charge is 0.265 e. The monoisotopic (exact) mass is 318 g/mol. The van der Waals surface area contributed by atoms with Gasteiger partial charge < -0.3 is 0 Å². The predicted molar refractivity (Wildman–Crippen MR) is 82.2 cm³/mol. The van der Waals surface area contributed by atoms with E-state index in [1.54, 1.807) is 24.5 Å². The van der Waals surface area contributed by atoms with Crippen LogP contribution in [0.5, 0.6) is 0 Å². The van der Waals surface area contributed by atoms with Crippen molar-refractivity contribution in [3.8, 4) is 5.69 Å². The van der Waals surface area contributed by atoms with Crippen molar-refractivity contribution >= 4 is 5.91 Å². The summed E-state index contributed by atoms with van der Waals surface area (Å²) in [5, 5.41) is 8.55. The molecular weight excluding hydrogens is 299 g/mol. The Morgan fingerprint density at radius 3 is 2.96 bits per heavy atom. The Morgan fingerprint density at radius 1 is 1.52 bits per heavy atom. The molecule has 1 aromatic carbocycles. The van der Waals surface area contributed by atoms with Crippen LogP contribution in [0.4, 0.5) is 4.39 Å². The topological polar surface area (TPSA) is 59.4 Å². The summed E-state index contributed by atoms with van der Waals surface area (Å²) in [4.78, 5) is 17.3. The SMILES string of the molecule is CCN1OCC(N[C@@H](C)c2ccc(-n3cccn3)c(F)c2)C1=O. The molecule has 0 bridgehead atoms. The van der Waals surface area contributed by atoms with E-state index in [1.165, 1.54) is 15.8 Å². The van der Waals surface area contributed by atoms with E-state index in [-0.39, 0.29) is 17.8 Å². The lowest BCUT2D eigenvalue weighted by Crippen LogP contribution is -2.40. The summed E-state index contributed by atoms with van der Waals surface area (Å²) in [5.41, 5.74) is 1.16. The maximum Gasteiger partial charge on any atom is 0.265 e. The van der Waals surface area contributed by atoms with Gasteiger partial charge in [0.1, 0.15) is 17.5 Å². The van der Waals surface area contributed by atoms with Crippen LogP contribution in [-0.4, -0.2) is 39.9 Å². The van der Waals surface area contributed by atoms with Crippen molar-refractivity contribution in [2.45, 2.75) is 25.9 Å². The molecule has 1 unspecified atom stereocenters. The van der Waals surface area contributed by atoms with Crippen molar-refractivity contribution < 1.29 is 14.0 Å². The molecule has 1 aromatic heterocycles. The van der Waals surface area contributed by atoms with Gasteiger partial charge in [-0.1, -0.05) is 6.07 Å². The summed E-state index contributed by atoms with van der Waals surface area (Å²) in [6.07, 6.45) is 3.29. The first-order chi connectivity index (χ1) is 11.1. The molecule has 2 atom stereocenters. The Labute approximate surface area is 133 Å². The van der Waals surface area contributed by atoms with Gasteiger partial charge >= 0.3 is 0 Å². The number of benzene rings is 1. The van der Waals surface area contributed by atoms with E-state index in [1.807, 2.05) is 19.9 Å². The molecule has 2 heterocycles. The highest BCUT2D eigenvalue weighted by molar-refractivity contribution is 5.82. The summed E-state index contributed by atoms with van der Waals surface area (Å²) in [6.45, 7) is 4.56. The van der Waals surface area contributed by atoms with E-state index in [0.29, 0.717) is 18.8 Å². The number of rotatable bonds is 5.